The van der Waals surface area contributed by atoms with E-state index in [0.29, 0.717) is 6.42 Å². The summed E-state index contributed by atoms with van der Waals surface area (Å²) in [5.74, 6) is 0.00546. The molecule has 0 atom stereocenters. The Morgan fingerprint density at radius 1 is 1.50 bits per heavy atom. The Morgan fingerprint density at radius 2 is 2.33 bits per heavy atom. The van der Waals surface area contributed by atoms with Crippen molar-refractivity contribution in [2.75, 3.05) is 5.32 Å². The predicted octanol–water partition coefficient (Wildman–Crippen LogP) is 0.673. The van der Waals surface area contributed by atoms with Crippen molar-refractivity contribution in [3.63, 3.8) is 0 Å². The van der Waals surface area contributed by atoms with E-state index in [4.69, 9.17) is 5.11 Å². The number of amides is 1. The molecular weight excluding hydrogens is 154 g/mol. The highest BCUT2D eigenvalue weighted by Crippen LogP contribution is 2.25. The minimum atomic E-state index is -0.00185. The van der Waals surface area contributed by atoms with Gasteiger partial charge in [0, 0.05) is 5.69 Å². The Morgan fingerprint density at radius 3 is 3.08 bits per heavy atom. The monoisotopic (exact) mass is 163 g/mol. The summed E-state index contributed by atoms with van der Waals surface area (Å²) in [5.41, 5.74) is 2.61. The number of anilines is 1. The number of aliphatic hydroxyl groups excluding tert-OH is 1. The van der Waals surface area contributed by atoms with Crippen LogP contribution < -0.4 is 5.32 Å². The van der Waals surface area contributed by atoms with Gasteiger partial charge in [0.25, 0.3) is 0 Å². The highest BCUT2D eigenvalue weighted by atomic mass is 16.3. The molecule has 2 rings (SSSR count). The van der Waals surface area contributed by atoms with Crippen LogP contribution in [-0.2, 0) is 17.8 Å². The van der Waals surface area contributed by atoms with Gasteiger partial charge in [-0.05, 0) is 17.2 Å². The standard InChI is InChI=1S/C9H9NO2/c11-5-6-2-1-3-8-7(6)4-9(12)10-8/h1-3,11H,4-5H2,(H,10,12). The van der Waals surface area contributed by atoms with Crippen molar-refractivity contribution in [3.05, 3.63) is 29.3 Å². The Bertz CT molecular complexity index is 333. The van der Waals surface area contributed by atoms with Crippen LogP contribution >= 0.6 is 0 Å². The fraction of sp³-hybridized carbons (Fsp3) is 0.222. The third-order valence-electron chi connectivity index (χ3n) is 2.05. The summed E-state index contributed by atoms with van der Waals surface area (Å²) in [6, 6.07) is 5.51. The number of fused-ring (bicyclic) bond motifs is 1. The second-order valence-electron chi connectivity index (χ2n) is 2.83. The van der Waals surface area contributed by atoms with Gasteiger partial charge in [0.05, 0.1) is 13.0 Å². The van der Waals surface area contributed by atoms with Gasteiger partial charge in [0.15, 0.2) is 0 Å². The summed E-state index contributed by atoms with van der Waals surface area (Å²) in [6.07, 6.45) is 0.395. The van der Waals surface area contributed by atoms with E-state index < -0.39 is 0 Å². The largest absolute Gasteiger partial charge is 0.392 e. The lowest BCUT2D eigenvalue weighted by molar-refractivity contribution is -0.115. The third-order valence-corrected chi connectivity index (χ3v) is 2.05. The summed E-state index contributed by atoms with van der Waals surface area (Å²) >= 11 is 0. The smallest absolute Gasteiger partial charge is 0.228 e. The molecule has 1 amide bonds. The highest BCUT2D eigenvalue weighted by Gasteiger charge is 2.19. The summed E-state index contributed by atoms with van der Waals surface area (Å²) in [6.45, 7) is -0.00185. The summed E-state index contributed by atoms with van der Waals surface area (Å²) < 4.78 is 0. The van der Waals surface area contributed by atoms with Crippen molar-refractivity contribution in [3.8, 4) is 0 Å². The van der Waals surface area contributed by atoms with E-state index in [0.717, 1.165) is 16.8 Å². The normalized spacial score (nSPS) is 14.2. The first-order valence-corrected chi connectivity index (χ1v) is 3.83. The van der Waals surface area contributed by atoms with Crippen LogP contribution in [0.3, 0.4) is 0 Å². The Hall–Kier alpha value is -1.35. The zero-order valence-electron chi connectivity index (χ0n) is 6.50. The summed E-state index contributed by atoms with van der Waals surface area (Å²) in [7, 11) is 0. The molecule has 0 aliphatic carbocycles. The average molecular weight is 163 g/mol. The van der Waals surface area contributed by atoms with Gasteiger partial charge in [-0.25, -0.2) is 0 Å². The van der Waals surface area contributed by atoms with Gasteiger partial charge >= 0.3 is 0 Å². The molecule has 62 valence electrons. The van der Waals surface area contributed by atoms with Gasteiger partial charge in [-0.15, -0.1) is 0 Å². The van der Waals surface area contributed by atoms with E-state index in [9.17, 15) is 4.79 Å². The lowest BCUT2D eigenvalue weighted by Crippen LogP contribution is -2.03. The van der Waals surface area contributed by atoms with Crippen molar-refractivity contribution in [2.24, 2.45) is 0 Å². The van der Waals surface area contributed by atoms with Gasteiger partial charge in [0.1, 0.15) is 0 Å². The molecule has 1 aliphatic heterocycles. The molecule has 1 aromatic carbocycles. The summed E-state index contributed by atoms with van der Waals surface area (Å²) in [5, 5.41) is 11.7. The maximum Gasteiger partial charge on any atom is 0.228 e. The Kier molecular flexibility index (Phi) is 1.59. The molecule has 0 fully saturated rings. The molecule has 0 bridgehead atoms. The second-order valence-corrected chi connectivity index (χ2v) is 2.83. The average Bonchev–Trinajstić information content (AvgIpc) is 2.44. The van der Waals surface area contributed by atoms with E-state index in [1.54, 1.807) is 0 Å². The van der Waals surface area contributed by atoms with Gasteiger partial charge in [-0.1, -0.05) is 12.1 Å². The minimum absolute atomic E-state index is 0.00185. The van der Waals surface area contributed by atoms with Crippen molar-refractivity contribution in [2.45, 2.75) is 13.0 Å². The zero-order chi connectivity index (χ0) is 8.55. The third kappa shape index (κ3) is 0.987. The molecule has 0 spiro atoms. The Labute approximate surface area is 70.0 Å². The van der Waals surface area contributed by atoms with Crippen molar-refractivity contribution >= 4 is 11.6 Å². The first-order valence-electron chi connectivity index (χ1n) is 3.83. The van der Waals surface area contributed by atoms with Gasteiger partial charge in [-0.3, -0.25) is 4.79 Å². The molecule has 1 heterocycles. The SMILES string of the molecule is O=C1Cc2c(CO)cccc2N1. The topological polar surface area (TPSA) is 49.3 Å². The van der Waals surface area contributed by atoms with Gasteiger partial charge in [0.2, 0.25) is 5.91 Å². The molecule has 1 aromatic rings. The number of hydrogen-bond acceptors (Lipinski definition) is 2. The molecule has 1 aliphatic rings. The minimum Gasteiger partial charge on any atom is -0.392 e. The molecule has 0 saturated carbocycles. The number of rotatable bonds is 1. The van der Waals surface area contributed by atoms with Gasteiger partial charge < -0.3 is 10.4 Å². The molecule has 3 heteroatoms. The van der Waals surface area contributed by atoms with Crippen LogP contribution in [0.15, 0.2) is 18.2 Å². The predicted molar refractivity (Wildman–Crippen MR) is 44.7 cm³/mol. The zero-order valence-corrected chi connectivity index (χ0v) is 6.50. The van der Waals surface area contributed by atoms with E-state index >= 15 is 0 Å². The molecule has 0 aromatic heterocycles. The molecule has 2 N–H and O–H groups in total. The fourth-order valence-corrected chi connectivity index (χ4v) is 1.46. The van der Waals surface area contributed by atoms with Crippen LogP contribution in [0.2, 0.25) is 0 Å². The maximum absolute atomic E-state index is 11.0. The molecule has 12 heavy (non-hydrogen) atoms. The van der Waals surface area contributed by atoms with E-state index in [1.807, 2.05) is 18.2 Å². The van der Waals surface area contributed by atoms with Crippen molar-refractivity contribution < 1.29 is 9.90 Å². The van der Waals surface area contributed by atoms with Crippen LogP contribution in [0.4, 0.5) is 5.69 Å². The molecule has 3 nitrogen and oxygen atoms in total. The van der Waals surface area contributed by atoms with Crippen LogP contribution in [0, 0.1) is 0 Å². The summed E-state index contributed by atoms with van der Waals surface area (Å²) in [4.78, 5) is 11.0. The van der Waals surface area contributed by atoms with E-state index in [1.165, 1.54) is 0 Å². The molecular formula is C9H9NO2. The number of nitrogens with one attached hydrogen (secondary N) is 1. The van der Waals surface area contributed by atoms with E-state index in [-0.39, 0.29) is 12.5 Å². The first-order chi connectivity index (χ1) is 5.81. The Balaban J connectivity index is 2.51. The quantitative estimate of drug-likeness (QED) is 0.639. The lowest BCUT2D eigenvalue weighted by Gasteiger charge is -2.02. The second kappa shape index (κ2) is 2.60. The van der Waals surface area contributed by atoms with E-state index in [2.05, 4.69) is 5.32 Å². The highest BCUT2D eigenvalue weighted by molar-refractivity contribution is 5.99. The number of carbonyl (C=O) groups excluding carboxylic acids is 1. The van der Waals surface area contributed by atoms with Crippen molar-refractivity contribution in [1.29, 1.82) is 0 Å². The number of hydrogen-bond donors (Lipinski definition) is 2. The van der Waals surface area contributed by atoms with Crippen LogP contribution in [0.1, 0.15) is 11.1 Å². The maximum atomic E-state index is 11.0. The first kappa shape index (κ1) is 7.31. The fourth-order valence-electron chi connectivity index (χ4n) is 1.46. The molecule has 0 saturated heterocycles. The van der Waals surface area contributed by atoms with Crippen LogP contribution in [0.25, 0.3) is 0 Å². The van der Waals surface area contributed by atoms with Crippen molar-refractivity contribution in [1.82, 2.24) is 0 Å². The van der Waals surface area contributed by atoms with Crippen LogP contribution in [-0.4, -0.2) is 11.0 Å². The number of benzene rings is 1. The molecule has 0 radical (unpaired) electrons. The van der Waals surface area contributed by atoms with Crippen LogP contribution in [0.5, 0.6) is 0 Å². The van der Waals surface area contributed by atoms with Gasteiger partial charge in [-0.2, -0.15) is 0 Å². The number of aliphatic hydroxyl groups is 1. The number of carbonyl (C=O) groups is 1. The molecule has 0 unspecified atom stereocenters. The lowest BCUT2D eigenvalue weighted by atomic mass is 10.1.